The molecule has 0 bridgehead atoms. The number of nitrogens with zero attached hydrogens (tertiary/aromatic N) is 3. The highest BCUT2D eigenvalue weighted by Crippen LogP contribution is 2.23. The van der Waals surface area contributed by atoms with Gasteiger partial charge in [0.25, 0.3) is 0 Å². The van der Waals surface area contributed by atoms with Crippen molar-refractivity contribution in [3.8, 4) is 5.75 Å². The molecule has 0 saturated carbocycles. The highest BCUT2D eigenvalue weighted by Gasteiger charge is 2.30. The minimum absolute atomic E-state index is 0.319. The lowest BCUT2D eigenvalue weighted by Crippen LogP contribution is -2.28. The molecule has 0 aliphatic carbocycles. The molecule has 0 aliphatic heterocycles. The topological polar surface area (TPSA) is 57.7 Å². The Morgan fingerprint density at radius 2 is 1.76 bits per heavy atom. The average molecular weight is 458 g/mol. The summed E-state index contributed by atoms with van der Waals surface area (Å²) in [5, 5.41) is 3.66. The van der Waals surface area contributed by atoms with Gasteiger partial charge in [-0.05, 0) is 68.2 Å². The number of anilines is 2. The van der Waals surface area contributed by atoms with Crippen LogP contribution in [0.3, 0.4) is 0 Å². The van der Waals surface area contributed by atoms with Crippen LogP contribution >= 0.6 is 0 Å². The Balaban J connectivity index is 1.61. The molecule has 1 aromatic heterocycles. The van der Waals surface area contributed by atoms with Gasteiger partial charge >= 0.3 is 6.36 Å². The van der Waals surface area contributed by atoms with Crippen LogP contribution in [0.15, 0.2) is 60.7 Å². The molecule has 0 radical (unpaired) electrons. The minimum Gasteiger partial charge on any atom is -0.406 e. The first-order valence-corrected chi connectivity index (χ1v) is 10.2. The number of pyridine rings is 1. The Labute approximate surface area is 190 Å². The van der Waals surface area contributed by atoms with Crippen molar-refractivity contribution in [2.45, 2.75) is 6.36 Å². The number of carbonyl (C=O) groups excluding carboxylic acids is 1. The number of ether oxygens (including phenoxy) is 1. The molecule has 2 aromatic carbocycles. The average Bonchev–Trinajstić information content (AvgIpc) is 2.75. The monoisotopic (exact) mass is 458 g/mol. The molecule has 0 aliphatic rings. The molecule has 33 heavy (non-hydrogen) atoms. The van der Waals surface area contributed by atoms with Gasteiger partial charge < -0.3 is 19.9 Å². The third kappa shape index (κ3) is 7.50. The number of carbonyl (C=O) groups is 1. The molecule has 1 amide bonds. The van der Waals surface area contributed by atoms with Crippen molar-refractivity contribution in [2.24, 2.45) is 0 Å². The van der Waals surface area contributed by atoms with Crippen LogP contribution < -0.4 is 15.0 Å². The fourth-order valence-electron chi connectivity index (χ4n) is 3.01. The molecule has 0 saturated heterocycles. The Bertz CT molecular complexity index is 1130. The molecule has 1 heterocycles. The maximum Gasteiger partial charge on any atom is 0.573 e. The molecule has 0 atom stereocenters. The second-order valence-electron chi connectivity index (χ2n) is 7.74. The first-order valence-electron chi connectivity index (χ1n) is 10.2. The first-order chi connectivity index (χ1) is 15.6. The van der Waals surface area contributed by atoms with Crippen LogP contribution in [-0.2, 0) is 4.79 Å². The predicted molar refractivity (Wildman–Crippen MR) is 124 cm³/mol. The van der Waals surface area contributed by atoms with Crippen molar-refractivity contribution in [2.75, 3.05) is 44.4 Å². The summed E-state index contributed by atoms with van der Waals surface area (Å²) in [7, 11) is 6.04. The Morgan fingerprint density at radius 3 is 2.42 bits per heavy atom. The highest BCUT2D eigenvalue weighted by atomic mass is 19.4. The van der Waals surface area contributed by atoms with Crippen LogP contribution in [-0.4, -0.2) is 56.4 Å². The molecule has 9 heteroatoms. The van der Waals surface area contributed by atoms with Crippen molar-refractivity contribution in [1.29, 1.82) is 0 Å². The fourth-order valence-corrected chi connectivity index (χ4v) is 3.01. The van der Waals surface area contributed by atoms with E-state index in [4.69, 9.17) is 0 Å². The molecule has 3 aromatic rings. The number of rotatable bonds is 8. The summed E-state index contributed by atoms with van der Waals surface area (Å²) in [4.78, 5) is 21.1. The van der Waals surface area contributed by atoms with Crippen LogP contribution in [0.4, 0.5) is 24.7 Å². The maximum atomic E-state index is 12.2. The largest absolute Gasteiger partial charge is 0.573 e. The number of likely N-dealkylation sites (N-methyl/N-ethyl adjacent to an activating group) is 2. The number of alkyl halides is 3. The summed E-state index contributed by atoms with van der Waals surface area (Å²) in [5.74, 6) is 0.189. The van der Waals surface area contributed by atoms with Gasteiger partial charge in [-0.2, -0.15) is 0 Å². The third-order valence-electron chi connectivity index (χ3n) is 4.76. The van der Waals surface area contributed by atoms with Crippen LogP contribution in [0, 0.1) is 0 Å². The van der Waals surface area contributed by atoms with Crippen LogP contribution in [0.25, 0.3) is 17.0 Å². The van der Waals surface area contributed by atoms with Gasteiger partial charge in [0.05, 0.1) is 5.52 Å². The lowest BCUT2D eigenvalue weighted by atomic mass is 10.2. The van der Waals surface area contributed by atoms with Crippen LogP contribution in [0.5, 0.6) is 5.75 Å². The Kier molecular flexibility index (Phi) is 7.55. The van der Waals surface area contributed by atoms with Gasteiger partial charge in [0.1, 0.15) is 11.6 Å². The molecule has 6 nitrogen and oxygen atoms in total. The van der Waals surface area contributed by atoms with Gasteiger partial charge in [-0.1, -0.05) is 12.1 Å². The first kappa shape index (κ1) is 24.1. The molecular weight excluding hydrogens is 433 g/mol. The summed E-state index contributed by atoms with van der Waals surface area (Å²) in [6.07, 6.45) is -1.92. The van der Waals surface area contributed by atoms with E-state index in [1.54, 1.807) is 6.07 Å². The molecule has 0 fully saturated rings. The van der Waals surface area contributed by atoms with Gasteiger partial charge in [0.15, 0.2) is 0 Å². The van der Waals surface area contributed by atoms with Crippen molar-refractivity contribution < 1.29 is 22.7 Å². The summed E-state index contributed by atoms with van der Waals surface area (Å²) in [5.41, 5.74) is 1.99. The van der Waals surface area contributed by atoms with Gasteiger partial charge in [-0.25, -0.2) is 4.98 Å². The molecule has 3 rings (SSSR count). The number of fused-ring (bicyclic) bond motifs is 1. The van der Waals surface area contributed by atoms with E-state index in [2.05, 4.69) is 24.8 Å². The van der Waals surface area contributed by atoms with Crippen molar-refractivity contribution in [1.82, 2.24) is 9.88 Å². The quantitative estimate of drug-likeness (QED) is 0.492. The van der Waals surface area contributed by atoms with E-state index in [9.17, 15) is 18.0 Å². The van der Waals surface area contributed by atoms with E-state index in [1.807, 2.05) is 45.4 Å². The lowest BCUT2D eigenvalue weighted by molar-refractivity contribution is -0.274. The SMILES string of the molecule is CN(C)CCN(C)c1ccc2cc(NC(=O)/C=C\c3ccc(OC(F)(F)F)cc3)ccc2n1. The van der Waals surface area contributed by atoms with E-state index < -0.39 is 6.36 Å². The second-order valence-corrected chi connectivity index (χ2v) is 7.74. The minimum atomic E-state index is -4.74. The smallest absolute Gasteiger partial charge is 0.406 e. The van der Waals surface area contributed by atoms with Crippen LogP contribution in [0.1, 0.15) is 5.56 Å². The maximum absolute atomic E-state index is 12.2. The number of aromatic nitrogens is 1. The van der Waals surface area contributed by atoms with Gasteiger partial charge in [-0.15, -0.1) is 13.2 Å². The van der Waals surface area contributed by atoms with E-state index in [1.165, 1.54) is 36.4 Å². The van der Waals surface area contributed by atoms with E-state index >= 15 is 0 Å². The van der Waals surface area contributed by atoms with Crippen molar-refractivity contribution in [3.05, 3.63) is 66.2 Å². The van der Waals surface area contributed by atoms with Gasteiger partial charge in [0.2, 0.25) is 5.91 Å². The Hall–Kier alpha value is -3.59. The summed E-state index contributed by atoms with van der Waals surface area (Å²) < 4.78 is 40.5. The number of amides is 1. The number of hydrogen-bond donors (Lipinski definition) is 1. The van der Waals surface area contributed by atoms with Crippen molar-refractivity contribution >= 4 is 34.4 Å². The number of halogens is 3. The zero-order valence-corrected chi connectivity index (χ0v) is 18.6. The summed E-state index contributed by atoms with van der Waals surface area (Å²) in [6, 6.07) is 14.6. The second kappa shape index (κ2) is 10.4. The molecule has 0 spiro atoms. The summed E-state index contributed by atoms with van der Waals surface area (Å²) in [6.45, 7) is 1.77. The fraction of sp³-hybridized carbons (Fsp3) is 0.250. The van der Waals surface area contributed by atoms with Gasteiger partial charge in [0, 0.05) is 37.3 Å². The standard InChI is InChI=1S/C24H25F3N4O2/c1-30(2)14-15-31(3)22-12-7-18-16-19(8-11-21(18)29-22)28-23(32)13-6-17-4-9-20(10-5-17)33-24(25,26)27/h4-13,16H,14-15H2,1-3H3,(H,28,32)/b13-6-. The number of nitrogens with one attached hydrogen (secondary N) is 1. The van der Waals surface area contributed by atoms with Gasteiger partial charge in [-0.3, -0.25) is 4.79 Å². The lowest BCUT2D eigenvalue weighted by Gasteiger charge is -2.20. The molecule has 1 N–H and O–H groups in total. The highest BCUT2D eigenvalue weighted by molar-refractivity contribution is 6.03. The normalized spacial score (nSPS) is 11.8. The van der Waals surface area contributed by atoms with E-state index in [0.717, 1.165) is 29.8 Å². The molecule has 0 unspecified atom stereocenters. The number of benzene rings is 2. The Morgan fingerprint density at radius 1 is 1.03 bits per heavy atom. The molecule has 174 valence electrons. The van der Waals surface area contributed by atoms with Crippen molar-refractivity contribution in [3.63, 3.8) is 0 Å². The van der Waals surface area contributed by atoms with E-state index in [0.29, 0.717) is 11.3 Å². The zero-order chi connectivity index (χ0) is 24.0. The van der Waals surface area contributed by atoms with E-state index in [-0.39, 0.29) is 11.7 Å². The predicted octanol–water partition coefficient (Wildman–Crippen LogP) is 4.78. The van der Waals surface area contributed by atoms with Crippen LogP contribution in [0.2, 0.25) is 0 Å². The third-order valence-corrected chi connectivity index (χ3v) is 4.76. The summed E-state index contributed by atoms with van der Waals surface area (Å²) >= 11 is 0. The number of hydrogen-bond acceptors (Lipinski definition) is 5. The molecular formula is C24H25F3N4O2. The zero-order valence-electron chi connectivity index (χ0n) is 18.6.